The number of halogens is 1. The zero-order valence-corrected chi connectivity index (χ0v) is 15.4. The maximum atomic E-state index is 12.0. The highest BCUT2D eigenvalue weighted by Crippen LogP contribution is 2.28. The molecule has 0 radical (unpaired) electrons. The van der Waals surface area contributed by atoms with Gasteiger partial charge in [0.25, 0.3) is 0 Å². The van der Waals surface area contributed by atoms with E-state index in [2.05, 4.69) is 20.5 Å². The van der Waals surface area contributed by atoms with E-state index in [1.807, 2.05) is 47.0 Å². The van der Waals surface area contributed by atoms with E-state index in [0.717, 1.165) is 18.5 Å². The summed E-state index contributed by atoms with van der Waals surface area (Å²) in [5, 5.41) is 12.9. The fourth-order valence-electron chi connectivity index (χ4n) is 2.47. The Kier molecular flexibility index (Phi) is 4.90. The monoisotopic (exact) mass is 385 g/mol. The van der Waals surface area contributed by atoms with Crippen LogP contribution in [0.2, 0.25) is 5.02 Å². The van der Waals surface area contributed by atoms with Crippen LogP contribution < -0.4 is 5.32 Å². The first kappa shape index (κ1) is 17.1. The number of rotatable bonds is 6. The molecule has 3 aromatic rings. The molecule has 1 amide bonds. The molecule has 6 nitrogen and oxygen atoms in total. The number of nitrogens with one attached hydrogen (secondary N) is 1. The summed E-state index contributed by atoms with van der Waals surface area (Å²) in [6.07, 6.45) is 3.86. The van der Waals surface area contributed by atoms with Crippen molar-refractivity contribution in [3.63, 3.8) is 0 Å². The number of aromatic nitrogens is 4. The first-order valence-corrected chi connectivity index (χ1v) is 9.62. The third-order valence-corrected chi connectivity index (χ3v) is 5.07. The van der Waals surface area contributed by atoms with Gasteiger partial charge in [-0.25, -0.2) is 0 Å². The van der Waals surface area contributed by atoms with Gasteiger partial charge in [0, 0.05) is 22.9 Å². The van der Waals surface area contributed by atoms with Crippen molar-refractivity contribution in [3.8, 4) is 17.2 Å². The number of carbonyl (C=O) groups excluding carboxylic acids is 1. The smallest absolute Gasteiger partial charge is 0.230 e. The predicted octanol–water partition coefficient (Wildman–Crippen LogP) is 3.35. The van der Waals surface area contributed by atoms with Crippen LogP contribution in [0.4, 0.5) is 0 Å². The molecule has 1 saturated carbocycles. The van der Waals surface area contributed by atoms with Crippen LogP contribution in [-0.4, -0.2) is 37.5 Å². The SMILES string of the molecule is O=C(CSc1nnc(-c2ccccn2)n1-c1ccc(Cl)cc1)NC1CC1. The number of benzene rings is 1. The summed E-state index contributed by atoms with van der Waals surface area (Å²) >= 11 is 7.37. The van der Waals surface area contributed by atoms with Gasteiger partial charge in [-0.2, -0.15) is 0 Å². The Hall–Kier alpha value is -2.38. The molecule has 8 heteroatoms. The van der Waals surface area contributed by atoms with Gasteiger partial charge in [0.15, 0.2) is 11.0 Å². The summed E-state index contributed by atoms with van der Waals surface area (Å²) in [6.45, 7) is 0. The average molecular weight is 386 g/mol. The van der Waals surface area contributed by atoms with E-state index >= 15 is 0 Å². The minimum atomic E-state index is 0.0162. The minimum absolute atomic E-state index is 0.0162. The molecule has 0 atom stereocenters. The number of hydrogen-bond acceptors (Lipinski definition) is 5. The van der Waals surface area contributed by atoms with Crippen molar-refractivity contribution < 1.29 is 4.79 Å². The molecule has 2 heterocycles. The standard InChI is InChI=1S/C18H16ClN5OS/c19-12-4-8-14(9-5-12)24-17(15-3-1-2-10-20-15)22-23-18(24)26-11-16(25)21-13-6-7-13/h1-5,8-10,13H,6-7,11H2,(H,21,25). The van der Waals surface area contributed by atoms with E-state index in [1.165, 1.54) is 11.8 Å². The van der Waals surface area contributed by atoms with Gasteiger partial charge in [-0.15, -0.1) is 10.2 Å². The van der Waals surface area contributed by atoms with Gasteiger partial charge in [0.1, 0.15) is 5.69 Å². The molecule has 26 heavy (non-hydrogen) atoms. The van der Waals surface area contributed by atoms with E-state index in [-0.39, 0.29) is 5.91 Å². The van der Waals surface area contributed by atoms with Crippen LogP contribution in [0.5, 0.6) is 0 Å². The fraction of sp³-hybridized carbons (Fsp3) is 0.222. The van der Waals surface area contributed by atoms with Gasteiger partial charge < -0.3 is 5.32 Å². The lowest BCUT2D eigenvalue weighted by Crippen LogP contribution is -2.27. The third-order valence-electron chi connectivity index (χ3n) is 3.89. The molecule has 1 fully saturated rings. The quantitative estimate of drug-likeness (QED) is 0.659. The summed E-state index contributed by atoms with van der Waals surface area (Å²) in [4.78, 5) is 16.4. The Morgan fingerprint density at radius 3 is 2.69 bits per heavy atom. The van der Waals surface area contributed by atoms with Crippen molar-refractivity contribution in [1.29, 1.82) is 0 Å². The maximum Gasteiger partial charge on any atom is 0.230 e. The summed E-state index contributed by atoms with van der Waals surface area (Å²) in [5.74, 6) is 0.935. The van der Waals surface area contributed by atoms with Crippen LogP contribution in [0.15, 0.2) is 53.8 Å². The van der Waals surface area contributed by atoms with Crippen LogP contribution in [0, 0.1) is 0 Å². The van der Waals surface area contributed by atoms with Crippen LogP contribution in [0.25, 0.3) is 17.2 Å². The number of amides is 1. The zero-order chi connectivity index (χ0) is 17.9. The predicted molar refractivity (Wildman–Crippen MR) is 101 cm³/mol. The molecule has 0 unspecified atom stereocenters. The average Bonchev–Trinajstić information content (AvgIpc) is 3.37. The van der Waals surface area contributed by atoms with Crippen molar-refractivity contribution in [1.82, 2.24) is 25.1 Å². The third kappa shape index (κ3) is 3.89. The molecule has 0 saturated heterocycles. The first-order valence-electron chi connectivity index (χ1n) is 8.25. The lowest BCUT2D eigenvalue weighted by atomic mass is 10.3. The highest BCUT2D eigenvalue weighted by molar-refractivity contribution is 7.99. The molecule has 1 aliphatic rings. The van der Waals surface area contributed by atoms with Crippen LogP contribution >= 0.6 is 23.4 Å². The molecule has 0 aliphatic heterocycles. The Morgan fingerprint density at radius 1 is 1.19 bits per heavy atom. The van der Waals surface area contributed by atoms with Crippen molar-refractivity contribution in [2.24, 2.45) is 0 Å². The van der Waals surface area contributed by atoms with Crippen LogP contribution in [0.3, 0.4) is 0 Å². The maximum absolute atomic E-state index is 12.0. The number of carbonyl (C=O) groups is 1. The van der Waals surface area contributed by atoms with Crippen molar-refractivity contribution in [2.45, 2.75) is 24.0 Å². The largest absolute Gasteiger partial charge is 0.353 e. The molecule has 1 aromatic carbocycles. The van der Waals surface area contributed by atoms with E-state index in [9.17, 15) is 4.79 Å². The second kappa shape index (κ2) is 7.47. The molecule has 1 aliphatic carbocycles. The summed E-state index contributed by atoms with van der Waals surface area (Å²) < 4.78 is 1.90. The summed E-state index contributed by atoms with van der Waals surface area (Å²) in [5.41, 5.74) is 1.58. The molecule has 4 rings (SSSR count). The minimum Gasteiger partial charge on any atom is -0.353 e. The molecule has 1 N–H and O–H groups in total. The zero-order valence-electron chi connectivity index (χ0n) is 13.8. The normalized spacial score (nSPS) is 13.6. The second-order valence-electron chi connectivity index (χ2n) is 5.96. The Labute approximate surface area is 160 Å². The van der Waals surface area contributed by atoms with Crippen LogP contribution in [-0.2, 0) is 4.79 Å². The number of pyridine rings is 1. The van der Waals surface area contributed by atoms with Gasteiger partial charge in [0.05, 0.1) is 5.75 Å². The van der Waals surface area contributed by atoms with E-state index in [0.29, 0.717) is 33.5 Å². The molecule has 0 bridgehead atoms. The van der Waals surface area contributed by atoms with Gasteiger partial charge >= 0.3 is 0 Å². The molecular formula is C18H16ClN5OS. The lowest BCUT2D eigenvalue weighted by Gasteiger charge is -2.10. The van der Waals surface area contributed by atoms with E-state index < -0.39 is 0 Å². The second-order valence-corrected chi connectivity index (χ2v) is 7.34. The molecule has 0 spiro atoms. The van der Waals surface area contributed by atoms with Crippen LogP contribution in [0.1, 0.15) is 12.8 Å². The van der Waals surface area contributed by atoms with Gasteiger partial charge in [-0.1, -0.05) is 29.4 Å². The Bertz CT molecular complexity index is 909. The van der Waals surface area contributed by atoms with E-state index in [1.54, 1.807) is 6.20 Å². The highest BCUT2D eigenvalue weighted by atomic mass is 35.5. The lowest BCUT2D eigenvalue weighted by molar-refractivity contribution is -0.118. The van der Waals surface area contributed by atoms with Gasteiger partial charge in [-0.05, 0) is 49.2 Å². The van der Waals surface area contributed by atoms with Crippen molar-refractivity contribution in [2.75, 3.05) is 5.75 Å². The van der Waals surface area contributed by atoms with Gasteiger partial charge in [0.2, 0.25) is 5.91 Å². The summed E-state index contributed by atoms with van der Waals surface area (Å²) in [7, 11) is 0. The first-order chi connectivity index (χ1) is 12.7. The summed E-state index contributed by atoms with van der Waals surface area (Å²) in [6, 6.07) is 13.4. The van der Waals surface area contributed by atoms with E-state index in [4.69, 9.17) is 11.6 Å². The fourth-order valence-corrected chi connectivity index (χ4v) is 3.36. The molecule has 132 valence electrons. The van der Waals surface area contributed by atoms with Gasteiger partial charge in [-0.3, -0.25) is 14.3 Å². The number of nitrogens with zero attached hydrogens (tertiary/aromatic N) is 4. The Balaban J connectivity index is 1.65. The molecule has 2 aromatic heterocycles. The van der Waals surface area contributed by atoms with Crippen molar-refractivity contribution in [3.05, 3.63) is 53.7 Å². The highest BCUT2D eigenvalue weighted by Gasteiger charge is 2.24. The molecular weight excluding hydrogens is 370 g/mol. The number of hydrogen-bond donors (Lipinski definition) is 1. The Morgan fingerprint density at radius 2 is 2.00 bits per heavy atom. The van der Waals surface area contributed by atoms with Crippen molar-refractivity contribution >= 4 is 29.3 Å². The topological polar surface area (TPSA) is 72.7 Å². The number of thioether (sulfide) groups is 1.